The third kappa shape index (κ3) is 4.18. The van der Waals surface area contributed by atoms with Crippen LogP contribution >= 0.6 is 0 Å². The van der Waals surface area contributed by atoms with Gasteiger partial charge in [-0.1, -0.05) is 6.92 Å². The highest BCUT2D eigenvalue weighted by atomic mass is 16.4. The molecule has 0 aromatic carbocycles. The molecular weight excluding hydrogens is 208 g/mol. The summed E-state index contributed by atoms with van der Waals surface area (Å²) in [7, 11) is 0. The summed E-state index contributed by atoms with van der Waals surface area (Å²) in [5, 5.41) is 11.4. The highest BCUT2D eigenvalue weighted by molar-refractivity contribution is 5.75. The Labute approximate surface area is 95.8 Å². The van der Waals surface area contributed by atoms with Crippen molar-refractivity contribution in [1.82, 2.24) is 10.2 Å². The molecule has 1 saturated heterocycles. The zero-order chi connectivity index (χ0) is 12.0. The van der Waals surface area contributed by atoms with Gasteiger partial charge in [0.15, 0.2) is 0 Å². The minimum Gasteiger partial charge on any atom is -0.480 e. The van der Waals surface area contributed by atoms with E-state index in [1.54, 1.807) is 0 Å². The van der Waals surface area contributed by atoms with E-state index in [-0.39, 0.29) is 12.5 Å². The van der Waals surface area contributed by atoms with Gasteiger partial charge in [-0.05, 0) is 18.8 Å². The Morgan fingerprint density at radius 1 is 1.50 bits per heavy atom. The van der Waals surface area contributed by atoms with Crippen molar-refractivity contribution < 1.29 is 14.7 Å². The van der Waals surface area contributed by atoms with Gasteiger partial charge in [0.1, 0.15) is 0 Å². The number of aliphatic carboxylic acids is 1. The number of hydrogen-bond acceptors (Lipinski definition) is 3. The molecule has 1 unspecified atom stereocenters. The van der Waals surface area contributed by atoms with Crippen LogP contribution in [0.1, 0.15) is 26.2 Å². The van der Waals surface area contributed by atoms with Gasteiger partial charge < -0.3 is 15.3 Å². The highest BCUT2D eigenvalue weighted by Crippen LogP contribution is 2.16. The summed E-state index contributed by atoms with van der Waals surface area (Å²) >= 11 is 0. The Balaban J connectivity index is 2.27. The predicted molar refractivity (Wildman–Crippen MR) is 60.1 cm³/mol. The fraction of sp³-hybridized carbons (Fsp3) is 0.818. The van der Waals surface area contributed by atoms with Gasteiger partial charge in [0, 0.05) is 26.1 Å². The third-order valence-electron chi connectivity index (χ3n) is 2.88. The van der Waals surface area contributed by atoms with Crippen molar-refractivity contribution in [2.75, 3.05) is 26.2 Å². The molecule has 0 aromatic rings. The number of piperidine rings is 1. The second kappa shape index (κ2) is 6.48. The lowest BCUT2D eigenvalue weighted by Crippen LogP contribution is -2.43. The van der Waals surface area contributed by atoms with Crippen molar-refractivity contribution in [1.29, 1.82) is 0 Å². The molecule has 0 radical (unpaired) electrons. The number of rotatable bonds is 5. The van der Waals surface area contributed by atoms with E-state index in [2.05, 4.69) is 5.32 Å². The van der Waals surface area contributed by atoms with Crippen LogP contribution in [0.3, 0.4) is 0 Å². The average Bonchev–Trinajstić information content (AvgIpc) is 2.28. The molecule has 0 aliphatic carbocycles. The summed E-state index contributed by atoms with van der Waals surface area (Å²) in [6.07, 6.45) is 2.64. The summed E-state index contributed by atoms with van der Waals surface area (Å²) in [6.45, 7) is 4.16. The molecule has 5 heteroatoms. The number of hydrogen-bond donors (Lipinski definition) is 2. The molecule has 2 N–H and O–H groups in total. The number of carboxylic acids is 1. The van der Waals surface area contributed by atoms with Gasteiger partial charge in [0.05, 0.1) is 6.54 Å². The molecule has 1 heterocycles. The van der Waals surface area contributed by atoms with E-state index in [0.29, 0.717) is 18.9 Å². The van der Waals surface area contributed by atoms with E-state index in [0.717, 1.165) is 25.9 Å². The number of likely N-dealkylation sites (tertiary alicyclic amines) is 1. The molecule has 1 aliphatic heterocycles. The van der Waals surface area contributed by atoms with Gasteiger partial charge in [0.2, 0.25) is 5.91 Å². The van der Waals surface area contributed by atoms with E-state index < -0.39 is 5.97 Å². The number of carboxylic acid groups (broad SMARTS) is 1. The molecular formula is C11H20N2O3. The fourth-order valence-corrected chi connectivity index (χ4v) is 2.07. The molecule has 1 fully saturated rings. The van der Waals surface area contributed by atoms with E-state index in [1.165, 1.54) is 0 Å². The van der Waals surface area contributed by atoms with Crippen LogP contribution in [-0.4, -0.2) is 48.1 Å². The Morgan fingerprint density at radius 3 is 2.88 bits per heavy atom. The van der Waals surface area contributed by atoms with Gasteiger partial charge in [-0.3, -0.25) is 9.59 Å². The monoisotopic (exact) mass is 228 g/mol. The summed E-state index contributed by atoms with van der Waals surface area (Å²) in [4.78, 5) is 23.7. The molecule has 1 rings (SSSR count). The van der Waals surface area contributed by atoms with E-state index in [1.807, 2.05) is 11.8 Å². The third-order valence-corrected chi connectivity index (χ3v) is 2.88. The van der Waals surface area contributed by atoms with Gasteiger partial charge in [-0.25, -0.2) is 0 Å². The van der Waals surface area contributed by atoms with Gasteiger partial charge >= 0.3 is 5.97 Å². The van der Waals surface area contributed by atoms with Crippen molar-refractivity contribution in [2.24, 2.45) is 5.92 Å². The molecule has 1 atom stereocenters. The summed E-state index contributed by atoms with van der Waals surface area (Å²) in [5.41, 5.74) is 0. The van der Waals surface area contributed by atoms with Crippen molar-refractivity contribution >= 4 is 11.9 Å². The Morgan fingerprint density at radius 2 is 2.25 bits per heavy atom. The van der Waals surface area contributed by atoms with Gasteiger partial charge in [-0.2, -0.15) is 0 Å². The lowest BCUT2D eigenvalue weighted by atomic mass is 9.98. The number of carbonyl (C=O) groups excluding carboxylic acids is 1. The molecule has 0 aromatic heterocycles. The average molecular weight is 228 g/mol. The lowest BCUT2D eigenvalue weighted by Gasteiger charge is -2.32. The number of nitrogens with zero attached hydrogens (tertiary/aromatic N) is 1. The SMILES string of the molecule is CCC(=O)N1CCCC(CNCC(=O)O)C1. The first-order chi connectivity index (χ1) is 7.63. The van der Waals surface area contributed by atoms with Crippen LogP contribution in [-0.2, 0) is 9.59 Å². The zero-order valence-corrected chi connectivity index (χ0v) is 9.74. The number of nitrogens with one attached hydrogen (secondary N) is 1. The van der Waals surface area contributed by atoms with Crippen LogP contribution in [0.2, 0.25) is 0 Å². The maximum atomic E-state index is 11.5. The molecule has 1 amide bonds. The van der Waals surface area contributed by atoms with Crippen LogP contribution < -0.4 is 5.32 Å². The lowest BCUT2D eigenvalue weighted by molar-refractivity contribution is -0.136. The van der Waals surface area contributed by atoms with Crippen LogP contribution in [0.5, 0.6) is 0 Å². The van der Waals surface area contributed by atoms with Crippen molar-refractivity contribution in [3.8, 4) is 0 Å². The minimum absolute atomic E-state index is 0.00176. The molecule has 92 valence electrons. The second-order valence-electron chi connectivity index (χ2n) is 4.23. The molecule has 0 spiro atoms. The summed E-state index contributed by atoms with van der Waals surface area (Å²) in [5.74, 6) is -0.246. The van der Waals surface area contributed by atoms with E-state index in [9.17, 15) is 9.59 Å². The highest BCUT2D eigenvalue weighted by Gasteiger charge is 2.22. The predicted octanol–water partition coefficient (Wildman–Crippen LogP) is 0.309. The van der Waals surface area contributed by atoms with Crippen LogP contribution in [0.4, 0.5) is 0 Å². The zero-order valence-electron chi connectivity index (χ0n) is 9.74. The normalized spacial score (nSPS) is 20.8. The topological polar surface area (TPSA) is 69.6 Å². The molecule has 0 bridgehead atoms. The van der Waals surface area contributed by atoms with Crippen LogP contribution in [0.15, 0.2) is 0 Å². The summed E-state index contributed by atoms with van der Waals surface area (Å²) < 4.78 is 0. The number of amides is 1. The maximum Gasteiger partial charge on any atom is 0.317 e. The molecule has 5 nitrogen and oxygen atoms in total. The van der Waals surface area contributed by atoms with Crippen molar-refractivity contribution in [2.45, 2.75) is 26.2 Å². The van der Waals surface area contributed by atoms with E-state index >= 15 is 0 Å². The Kier molecular flexibility index (Phi) is 5.25. The largest absolute Gasteiger partial charge is 0.480 e. The van der Waals surface area contributed by atoms with E-state index in [4.69, 9.17) is 5.11 Å². The molecule has 0 saturated carbocycles. The quantitative estimate of drug-likeness (QED) is 0.710. The van der Waals surface area contributed by atoms with Crippen molar-refractivity contribution in [3.63, 3.8) is 0 Å². The number of carbonyl (C=O) groups is 2. The van der Waals surface area contributed by atoms with Gasteiger partial charge in [-0.15, -0.1) is 0 Å². The first-order valence-corrected chi connectivity index (χ1v) is 5.83. The smallest absolute Gasteiger partial charge is 0.317 e. The van der Waals surface area contributed by atoms with Crippen LogP contribution in [0.25, 0.3) is 0 Å². The van der Waals surface area contributed by atoms with Gasteiger partial charge in [0.25, 0.3) is 0 Å². The van der Waals surface area contributed by atoms with Crippen molar-refractivity contribution in [3.05, 3.63) is 0 Å². The molecule has 16 heavy (non-hydrogen) atoms. The minimum atomic E-state index is -0.836. The maximum absolute atomic E-state index is 11.5. The summed E-state index contributed by atoms with van der Waals surface area (Å²) in [6, 6.07) is 0. The second-order valence-corrected chi connectivity index (χ2v) is 4.23. The Hall–Kier alpha value is -1.10. The first kappa shape index (κ1) is 13.0. The Bertz CT molecular complexity index is 256. The standard InChI is InChI=1S/C11H20N2O3/c1-2-10(14)13-5-3-4-9(8-13)6-12-7-11(15)16/h9,12H,2-8H2,1H3,(H,15,16). The van der Waals surface area contributed by atoms with Crippen LogP contribution in [0, 0.1) is 5.92 Å². The fourth-order valence-electron chi connectivity index (χ4n) is 2.07. The first-order valence-electron chi connectivity index (χ1n) is 5.83. The molecule has 1 aliphatic rings.